The second-order valence-electron chi connectivity index (χ2n) is 8.85. The number of hydrogen-bond acceptors (Lipinski definition) is 8. The number of hydrogen-bond donors (Lipinski definition) is 0. The Labute approximate surface area is 198 Å². The summed E-state index contributed by atoms with van der Waals surface area (Å²) < 4.78 is 45.9. The summed E-state index contributed by atoms with van der Waals surface area (Å²) >= 11 is 0. The maximum atomic E-state index is 12.1. The lowest BCUT2D eigenvalue weighted by atomic mass is 9.83. The zero-order valence-electron chi connectivity index (χ0n) is 19.6. The highest BCUT2D eigenvalue weighted by molar-refractivity contribution is 7.86. The van der Waals surface area contributed by atoms with Crippen LogP contribution in [0.4, 0.5) is 0 Å². The highest BCUT2D eigenvalue weighted by atomic mass is 32.2. The molecule has 2 heterocycles. The van der Waals surface area contributed by atoms with Crippen LogP contribution in [0, 0.1) is 0 Å². The summed E-state index contributed by atoms with van der Waals surface area (Å²) in [7, 11) is -0.531. The SMILES string of the molecule is COc1cc2c3c(c4ccc(OS(C)(=O)=O)cc4c2cc1OC)[C@H](OC(C)=O)[C@@H]1CCCN1C3. The third-order valence-corrected chi connectivity index (χ3v) is 7.19. The predicted molar refractivity (Wildman–Crippen MR) is 128 cm³/mol. The van der Waals surface area contributed by atoms with Crippen LogP contribution in [0.3, 0.4) is 0 Å². The van der Waals surface area contributed by atoms with Gasteiger partial charge in [0.15, 0.2) is 11.5 Å². The Bertz CT molecular complexity index is 1420. The van der Waals surface area contributed by atoms with Crippen molar-refractivity contribution in [3.63, 3.8) is 0 Å². The van der Waals surface area contributed by atoms with Crippen LogP contribution in [0.25, 0.3) is 21.5 Å². The molecular weight excluding hydrogens is 458 g/mol. The van der Waals surface area contributed by atoms with Gasteiger partial charge in [0.05, 0.1) is 26.5 Å². The number of ether oxygens (including phenoxy) is 3. The summed E-state index contributed by atoms with van der Waals surface area (Å²) in [6.45, 7) is 3.10. The second kappa shape index (κ2) is 8.32. The van der Waals surface area contributed by atoms with Crippen LogP contribution in [0.1, 0.15) is 37.0 Å². The molecule has 0 saturated carbocycles. The fourth-order valence-corrected chi connectivity index (χ4v) is 5.92. The Morgan fingerprint density at radius 2 is 1.68 bits per heavy atom. The highest BCUT2D eigenvalue weighted by Crippen LogP contribution is 2.48. The first-order valence-electron chi connectivity index (χ1n) is 11.1. The summed E-state index contributed by atoms with van der Waals surface area (Å²) in [4.78, 5) is 14.5. The third-order valence-electron chi connectivity index (χ3n) is 6.70. The molecule has 0 bridgehead atoms. The molecule has 0 spiro atoms. The molecule has 0 radical (unpaired) electrons. The van der Waals surface area contributed by atoms with E-state index in [2.05, 4.69) is 4.90 Å². The number of carbonyl (C=O) groups excluding carboxylic acids is 1. The van der Waals surface area contributed by atoms with E-state index in [0.29, 0.717) is 11.5 Å². The van der Waals surface area contributed by atoms with Crippen LogP contribution in [0.5, 0.6) is 17.2 Å². The summed E-state index contributed by atoms with van der Waals surface area (Å²) in [5, 5.41) is 3.51. The Morgan fingerprint density at radius 3 is 2.32 bits per heavy atom. The zero-order valence-corrected chi connectivity index (χ0v) is 20.4. The van der Waals surface area contributed by atoms with Crippen molar-refractivity contribution < 1.29 is 31.6 Å². The van der Waals surface area contributed by atoms with Gasteiger partial charge in [-0.1, -0.05) is 6.07 Å². The molecule has 1 fully saturated rings. The maximum absolute atomic E-state index is 12.1. The second-order valence-corrected chi connectivity index (χ2v) is 10.4. The molecule has 0 aliphatic carbocycles. The van der Waals surface area contributed by atoms with E-state index >= 15 is 0 Å². The summed E-state index contributed by atoms with van der Waals surface area (Å²) in [5.41, 5.74) is 2.03. The van der Waals surface area contributed by atoms with Crippen LogP contribution < -0.4 is 13.7 Å². The average Bonchev–Trinajstić information content (AvgIpc) is 3.25. The van der Waals surface area contributed by atoms with Crippen LogP contribution in [-0.2, 0) is 26.2 Å². The van der Waals surface area contributed by atoms with Gasteiger partial charge >= 0.3 is 16.1 Å². The highest BCUT2D eigenvalue weighted by Gasteiger charge is 2.41. The number of methoxy groups -OCH3 is 2. The molecule has 2 aliphatic rings. The molecule has 180 valence electrons. The Kier molecular flexibility index (Phi) is 5.56. The van der Waals surface area contributed by atoms with Gasteiger partial charge in [0, 0.05) is 19.0 Å². The van der Waals surface area contributed by atoms with Gasteiger partial charge in [-0.15, -0.1) is 0 Å². The topological polar surface area (TPSA) is 91.4 Å². The standard InChI is InChI=1S/C25H27NO7S/c1-14(27)32-25-21-6-5-9-26(21)13-20-19-12-23(31-3)22(30-2)11-18(19)17-10-15(33-34(4,28)29)7-8-16(17)24(20)25/h7-8,10-12,21,25H,5-6,9,13H2,1-4H3/t21-,25+/m0/s1. The van der Waals surface area contributed by atoms with E-state index in [1.807, 2.05) is 18.2 Å². The van der Waals surface area contributed by atoms with E-state index in [-0.39, 0.29) is 17.8 Å². The molecule has 8 nitrogen and oxygen atoms in total. The van der Waals surface area contributed by atoms with E-state index < -0.39 is 16.2 Å². The molecular formula is C25H27NO7S. The van der Waals surface area contributed by atoms with Crippen molar-refractivity contribution in [3.05, 3.63) is 41.5 Å². The molecule has 0 aromatic heterocycles. The predicted octanol–water partition coefficient (Wildman–Crippen LogP) is 3.93. The number of fused-ring (bicyclic) bond motifs is 7. The van der Waals surface area contributed by atoms with Crippen molar-refractivity contribution in [1.29, 1.82) is 0 Å². The fraction of sp³-hybridized carbons (Fsp3) is 0.400. The first kappa shape index (κ1) is 22.7. The molecule has 0 unspecified atom stereocenters. The van der Waals surface area contributed by atoms with E-state index in [0.717, 1.165) is 64.9 Å². The normalized spacial score (nSPS) is 20.1. The number of benzene rings is 3. The number of rotatable bonds is 5. The first-order valence-corrected chi connectivity index (χ1v) is 13.0. The molecule has 0 amide bonds. The monoisotopic (exact) mass is 485 g/mol. The molecule has 0 N–H and O–H groups in total. The number of nitrogens with zero attached hydrogens (tertiary/aromatic N) is 1. The smallest absolute Gasteiger partial charge is 0.306 e. The summed E-state index contributed by atoms with van der Waals surface area (Å²) in [6.07, 6.45) is 2.57. The van der Waals surface area contributed by atoms with Gasteiger partial charge in [-0.2, -0.15) is 8.42 Å². The lowest BCUT2D eigenvalue weighted by molar-refractivity contribution is -0.150. The lowest BCUT2D eigenvalue weighted by Crippen LogP contribution is -2.40. The Hall–Kier alpha value is -3.04. The minimum atomic E-state index is -3.70. The third kappa shape index (κ3) is 3.82. The van der Waals surface area contributed by atoms with Crippen molar-refractivity contribution in [2.75, 3.05) is 27.0 Å². The van der Waals surface area contributed by atoms with Crippen LogP contribution in [0.2, 0.25) is 0 Å². The quantitative estimate of drug-likeness (QED) is 0.305. The van der Waals surface area contributed by atoms with E-state index in [1.54, 1.807) is 26.4 Å². The lowest BCUT2D eigenvalue weighted by Gasteiger charge is -2.39. The minimum Gasteiger partial charge on any atom is -0.493 e. The Balaban J connectivity index is 1.88. The van der Waals surface area contributed by atoms with Crippen molar-refractivity contribution >= 4 is 37.6 Å². The van der Waals surface area contributed by atoms with Gasteiger partial charge in [0.1, 0.15) is 11.9 Å². The van der Waals surface area contributed by atoms with Crippen molar-refractivity contribution in [3.8, 4) is 17.2 Å². The molecule has 1 saturated heterocycles. The van der Waals surface area contributed by atoms with Gasteiger partial charge in [-0.3, -0.25) is 9.69 Å². The number of carbonyl (C=O) groups is 1. The molecule has 34 heavy (non-hydrogen) atoms. The van der Waals surface area contributed by atoms with Gasteiger partial charge < -0.3 is 18.4 Å². The first-order chi connectivity index (χ1) is 16.2. The van der Waals surface area contributed by atoms with Gasteiger partial charge in [-0.25, -0.2) is 0 Å². The zero-order chi connectivity index (χ0) is 24.2. The van der Waals surface area contributed by atoms with Crippen LogP contribution in [-0.4, -0.2) is 52.3 Å². The molecule has 3 aromatic carbocycles. The largest absolute Gasteiger partial charge is 0.493 e. The van der Waals surface area contributed by atoms with Gasteiger partial charge in [0.25, 0.3) is 0 Å². The van der Waals surface area contributed by atoms with Crippen LogP contribution >= 0.6 is 0 Å². The maximum Gasteiger partial charge on any atom is 0.306 e. The molecule has 5 rings (SSSR count). The molecule has 9 heteroatoms. The summed E-state index contributed by atoms with van der Waals surface area (Å²) in [5.74, 6) is 1.04. The average molecular weight is 486 g/mol. The van der Waals surface area contributed by atoms with Crippen molar-refractivity contribution in [2.45, 2.75) is 38.5 Å². The van der Waals surface area contributed by atoms with E-state index in [9.17, 15) is 13.2 Å². The van der Waals surface area contributed by atoms with Crippen molar-refractivity contribution in [1.82, 2.24) is 4.90 Å². The molecule has 3 aromatic rings. The number of esters is 1. The van der Waals surface area contributed by atoms with E-state index in [1.165, 1.54) is 6.92 Å². The van der Waals surface area contributed by atoms with Gasteiger partial charge in [0.2, 0.25) is 0 Å². The fourth-order valence-electron chi connectivity index (χ4n) is 5.46. The van der Waals surface area contributed by atoms with Crippen molar-refractivity contribution in [2.24, 2.45) is 0 Å². The molecule has 2 atom stereocenters. The minimum absolute atomic E-state index is 0.101. The Morgan fingerprint density at radius 1 is 1.00 bits per heavy atom. The summed E-state index contributed by atoms with van der Waals surface area (Å²) in [6, 6.07) is 9.16. The van der Waals surface area contributed by atoms with Gasteiger partial charge in [-0.05, 0) is 70.8 Å². The molecule has 2 aliphatic heterocycles. The van der Waals surface area contributed by atoms with E-state index in [4.69, 9.17) is 18.4 Å². The van der Waals surface area contributed by atoms with Crippen LogP contribution in [0.15, 0.2) is 30.3 Å².